The topological polar surface area (TPSA) is 15.6 Å². The molecule has 0 fully saturated rings. The Hall–Kier alpha value is -2.03. The van der Waals surface area contributed by atoms with E-state index < -0.39 is 0 Å². The highest BCUT2D eigenvalue weighted by molar-refractivity contribution is 6.31. The van der Waals surface area contributed by atoms with Crippen LogP contribution in [-0.4, -0.2) is 5.84 Å². The number of rotatable bonds is 5. The van der Waals surface area contributed by atoms with E-state index in [1.54, 1.807) is 0 Å². The van der Waals surface area contributed by atoms with Gasteiger partial charge in [-0.15, -0.1) is 0 Å². The van der Waals surface area contributed by atoms with Crippen molar-refractivity contribution in [2.75, 3.05) is 4.90 Å². The van der Waals surface area contributed by atoms with Gasteiger partial charge in [0.1, 0.15) is 5.84 Å². The average molecular weight is 373 g/mol. The first kappa shape index (κ1) is 19.3. The predicted octanol–water partition coefficient (Wildman–Crippen LogP) is 6.82. The number of anilines is 1. The Morgan fingerprint density at radius 1 is 1.00 bits per heavy atom. The summed E-state index contributed by atoms with van der Waals surface area (Å²) < 4.78 is 0. The summed E-state index contributed by atoms with van der Waals surface area (Å²) in [5, 5.41) is 1.43. The first-order chi connectivity index (χ1) is 11.8. The molecule has 25 heavy (non-hydrogen) atoms. The van der Waals surface area contributed by atoms with Crippen molar-refractivity contribution in [3.63, 3.8) is 0 Å². The maximum absolute atomic E-state index is 6.06. The summed E-state index contributed by atoms with van der Waals surface area (Å²) in [6, 6.07) is 13.5. The minimum absolute atomic E-state index is 0.689. The van der Waals surface area contributed by atoms with Gasteiger partial charge in [-0.3, -0.25) is 0 Å². The Bertz CT molecular complexity index is 820. The second kappa shape index (κ2) is 8.37. The van der Waals surface area contributed by atoms with Gasteiger partial charge in [-0.25, -0.2) is 4.99 Å². The van der Waals surface area contributed by atoms with Gasteiger partial charge in [0.05, 0.1) is 0 Å². The molecule has 0 amide bonds. The lowest BCUT2D eigenvalue weighted by Crippen LogP contribution is -2.28. The fraction of sp³-hybridized carbons (Fsp3) is 0.190. The highest BCUT2D eigenvalue weighted by Gasteiger charge is 2.15. The molecule has 0 aliphatic heterocycles. The first-order valence-corrected chi connectivity index (χ1v) is 8.73. The summed E-state index contributed by atoms with van der Waals surface area (Å²) in [4.78, 5) is 6.54. The van der Waals surface area contributed by atoms with Crippen LogP contribution in [0.2, 0.25) is 10.0 Å². The van der Waals surface area contributed by atoms with Crippen LogP contribution in [0, 0.1) is 6.92 Å². The number of allylic oxidation sites excluding steroid dienone is 2. The van der Waals surface area contributed by atoms with Crippen LogP contribution in [0.1, 0.15) is 25.0 Å². The molecule has 0 saturated heterocycles. The summed E-state index contributed by atoms with van der Waals surface area (Å²) in [6.45, 7) is 14.0. The van der Waals surface area contributed by atoms with Crippen LogP contribution >= 0.6 is 23.2 Å². The van der Waals surface area contributed by atoms with Gasteiger partial charge in [-0.05, 0) is 68.3 Å². The maximum atomic E-state index is 6.06. The molecule has 0 aromatic heterocycles. The Kier molecular flexibility index (Phi) is 6.46. The van der Waals surface area contributed by atoms with Crippen molar-refractivity contribution in [1.29, 1.82) is 0 Å². The van der Waals surface area contributed by atoms with Crippen molar-refractivity contribution in [2.45, 2.75) is 27.2 Å². The summed E-state index contributed by atoms with van der Waals surface area (Å²) in [5.74, 6) is 0.812. The van der Waals surface area contributed by atoms with E-state index in [-0.39, 0.29) is 0 Å². The van der Waals surface area contributed by atoms with E-state index >= 15 is 0 Å². The zero-order chi connectivity index (χ0) is 18.6. The van der Waals surface area contributed by atoms with Crippen LogP contribution in [0.15, 0.2) is 72.0 Å². The van der Waals surface area contributed by atoms with E-state index in [1.807, 2.05) is 61.2 Å². The lowest BCUT2D eigenvalue weighted by atomic mass is 10.0. The zero-order valence-electron chi connectivity index (χ0n) is 14.8. The van der Waals surface area contributed by atoms with Gasteiger partial charge in [0, 0.05) is 33.5 Å². The quantitative estimate of drug-likeness (QED) is 0.415. The van der Waals surface area contributed by atoms with E-state index in [4.69, 9.17) is 23.2 Å². The maximum Gasteiger partial charge on any atom is 0.110 e. The summed E-state index contributed by atoms with van der Waals surface area (Å²) in [7, 11) is 0. The molecule has 2 aromatic rings. The van der Waals surface area contributed by atoms with Crippen molar-refractivity contribution in [2.24, 2.45) is 4.99 Å². The molecule has 0 atom stereocenters. The molecule has 0 heterocycles. The molecule has 0 aliphatic rings. The summed E-state index contributed by atoms with van der Waals surface area (Å²) >= 11 is 12.1. The van der Waals surface area contributed by atoms with Gasteiger partial charge in [0.2, 0.25) is 0 Å². The van der Waals surface area contributed by atoms with Crippen molar-refractivity contribution in [3.8, 4) is 0 Å². The second-order valence-corrected chi connectivity index (χ2v) is 6.89. The number of aryl methyl sites for hydroxylation is 1. The van der Waals surface area contributed by atoms with Crippen LogP contribution in [0.25, 0.3) is 0 Å². The third-order valence-electron chi connectivity index (χ3n) is 3.78. The minimum Gasteiger partial charge on any atom is -0.303 e. The number of aliphatic imine (C=N–C) groups is 1. The summed E-state index contributed by atoms with van der Waals surface area (Å²) in [5.41, 5.74) is 4.93. The van der Waals surface area contributed by atoms with Gasteiger partial charge in [0.15, 0.2) is 0 Å². The number of hydrogen-bond acceptors (Lipinski definition) is 1. The fourth-order valence-corrected chi connectivity index (χ4v) is 3.02. The third kappa shape index (κ3) is 5.22. The normalized spacial score (nSPS) is 11.3. The number of nitrogens with zero attached hydrogens (tertiary/aromatic N) is 2. The summed E-state index contributed by atoms with van der Waals surface area (Å²) in [6.07, 6.45) is 0.689. The predicted molar refractivity (Wildman–Crippen MR) is 111 cm³/mol. The largest absolute Gasteiger partial charge is 0.303 e. The minimum atomic E-state index is 0.689. The Morgan fingerprint density at radius 2 is 1.60 bits per heavy atom. The number of hydrogen-bond donors (Lipinski definition) is 0. The Labute approximate surface area is 160 Å². The number of benzene rings is 2. The molecule has 2 aromatic carbocycles. The smallest absolute Gasteiger partial charge is 0.110 e. The monoisotopic (exact) mass is 372 g/mol. The van der Waals surface area contributed by atoms with Crippen LogP contribution in [0.5, 0.6) is 0 Å². The second-order valence-electron chi connectivity index (χ2n) is 6.02. The molecular weight excluding hydrogens is 351 g/mol. The van der Waals surface area contributed by atoms with E-state index in [1.165, 1.54) is 5.56 Å². The van der Waals surface area contributed by atoms with Crippen LogP contribution in [-0.2, 0) is 6.42 Å². The molecule has 0 N–H and O–H groups in total. The Balaban J connectivity index is 2.38. The van der Waals surface area contributed by atoms with Crippen molar-refractivity contribution >= 4 is 34.7 Å². The highest BCUT2D eigenvalue weighted by Crippen LogP contribution is 2.25. The molecular formula is C21H22Cl2N2. The van der Waals surface area contributed by atoms with Crippen LogP contribution in [0.3, 0.4) is 0 Å². The molecule has 0 radical (unpaired) electrons. The van der Waals surface area contributed by atoms with Crippen LogP contribution in [0.4, 0.5) is 5.69 Å². The highest BCUT2D eigenvalue weighted by atomic mass is 35.5. The first-order valence-electron chi connectivity index (χ1n) is 7.97. The SMILES string of the molecule is C=C(C)N=C(C)N(C(=C)Cc1ccc(Cl)cc1C)c1ccc(Cl)cc1. The van der Waals surface area contributed by atoms with E-state index in [0.717, 1.165) is 33.5 Å². The standard InChI is InChI=1S/C21H22Cl2N2/c1-14(2)24-17(5)25(21-10-8-19(22)9-11-21)16(4)13-18-6-7-20(23)12-15(18)3/h6-12H,1,4,13H2,2-3,5H3. The van der Waals surface area contributed by atoms with Gasteiger partial charge in [0.25, 0.3) is 0 Å². The van der Waals surface area contributed by atoms with Gasteiger partial charge in [-0.2, -0.15) is 0 Å². The molecule has 4 heteroatoms. The number of halogens is 2. The molecule has 130 valence electrons. The number of amidine groups is 1. The molecule has 0 saturated carbocycles. The van der Waals surface area contributed by atoms with Crippen molar-refractivity contribution in [3.05, 3.63) is 88.2 Å². The molecule has 2 rings (SSSR count). The Morgan fingerprint density at radius 3 is 2.16 bits per heavy atom. The molecule has 0 aliphatic carbocycles. The molecule has 0 spiro atoms. The average Bonchev–Trinajstić information content (AvgIpc) is 2.51. The third-order valence-corrected chi connectivity index (χ3v) is 4.26. The van der Waals surface area contributed by atoms with Crippen molar-refractivity contribution < 1.29 is 0 Å². The van der Waals surface area contributed by atoms with E-state index in [9.17, 15) is 0 Å². The van der Waals surface area contributed by atoms with Crippen LogP contribution < -0.4 is 4.90 Å². The van der Waals surface area contributed by atoms with E-state index in [0.29, 0.717) is 11.4 Å². The molecule has 0 bridgehead atoms. The van der Waals surface area contributed by atoms with Crippen molar-refractivity contribution in [1.82, 2.24) is 0 Å². The zero-order valence-corrected chi connectivity index (χ0v) is 16.3. The lowest BCUT2D eigenvalue weighted by Gasteiger charge is -2.27. The lowest BCUT2D eigenvalue weighted by molar-refractivity contribution is 1.05. The molecule has 2 nitrogen and oxygen atoms in total. The van der Waals surface area contributed by atoms with Gasteiger partial charge < -0.3 is 4.90 Å². The van der Waals surface area contributed by atoms with E-state index in [2.05, 4.69) is 25.1 Å². The molecule has 0 unspecified atom stereocenters. The van der Waals surface area contributed by atoms with Gasteiger partial charge >= 0.3 is 0 Å². The van der Waals surface area contributed by atoms with Gasteiger partial charge in [-0.1, -0.05) is 42.4 Å². The fourth-order valence-electron chi connectivity index (χ4n) is 2.67.